The Morgan fingerprint density at radius 3 is 2.16 bits per heavy atom. The highest BCUT2D eigenvalue weighted by Crippen LogP contribution is 2.63. The molecular weight excluding hydrogens is 566 g/mol. The zero-order chi connectivity index (χ0) is 32.6. The first-order valence-electron chi connectivity index (χ1n) is 14.7. The molecule has 43 heavy (non-hydrogen) atoms. The van der Waals surface area contributed by atoms with Gasteiger partial charge in [0.25, 0.3) is 0 Å². The fraction of sp³-hybridized carbons (Fsp3) is 0.800. The first-order chi connectivity index (χ1) is 19.7. The summed E-state index contributed by atoms with van der Waals surface area (Å²) in [5.74, 6) is -5.08. The number of carbonyl (C=O) groups excluding carboxylic acids is 4. The normalized spacial score (nSPS) is 41.5. The van der Waals surface area contributed by atoms with Gasteiger partial charge < -0.3 is 45.1 Å². The van der Waals surface area contributed by atoms with Gasteiger partial charge in [0, 0.05) is 38.0 Å². The number of Topliss-reactive ketones (excluding diaryl/α,β-unsaturated/α-hetero) is 1. The minimum Gasteiger partial charge on any atom is -0.459 e. The molecule has 0 aromatic heterocycles. The van der Waals surface area contributed by atoms with Crippen LogP contribution >= 0.6 is 0 Å². The van der Waals surface area contributed by atoms with Gasteiger partial charge in [0.2, 0.25) is 5.91 Å². The van der Waals surface area contributed by atoms with Gasteiger partial charge in [-0.15, -0.1) is 0 Å². The van der Waals surface area contributed by atoms with E-state index in [-0.39, 0.29) is 30.1 Å². The fourth-order valence-electron chi connectivity index (χ4n) is 8.00. The van der Waals surface area contributed by atoms with Gasteiger partial charge in [-0.1, -0.05) is 27.7 Å². The number of carbonyl (C=O) groups is 4. The summed E-state index contributed by atoms with van der Waals surface area (Å²) in [6.07, 6.45) is -9.55. The van der Waals surface area contributed by atoms with E-state index < -0.39 is 101 Å². The van der Waals surface area contributed by atoms with Gasteiger partial charge in [-0.2, -0.15) is 0 Å². The number of aliphatic hydroxyl groups is 5. The molecular formula is C30H45NO12. The predicted octanol–water partition coefficient (Wildman–Crippen LogP) is -0.710. The zero-order valence-corrected chi connectivity index (χ0v) is 25.9. The topological polar surface area (TPSA) is 209 Å². The number of ketones is 1. The van der Waals surface area contributed by atoms with Gasteiger partial charge >= 0.3 is 11.9 Å². The molecule has 0 radical (unpaired) electrons. The van der Waals surface area contributed by atoms with Gasteiger partial charge in [0.05, 0.1) is 30.3 Å². The van der Waals surface area contributed by atoms with Crippen LogP contribution in [-0.2, 0) is 33.4 Å². The number of aliphatic hydroxyl groups excluding tert-OH is 3. The smallest absolute Gasteiger partial charge is 0.337 e. The molecule has 2 saturated carbocycles. The third kappa shape index (κ3) is 4.83. The van der Waals surface area contributed by atoms with Crippen LogP contribution in [0.4, 0.5) is 0 Å². The van der Waals surface area contributed by atoms with Crippen LogP contribution in [0.15, 0.2) is 11.1 Å². The minimum atomic E-state index is -2.18. The molecule has 0 aromatic rings. The maximum atomic E-state index is 14.3. The van der Waals surface area contributed by atoms with Crippen molar-refractivity contribution in [3.8, 4) is 0 Å². The van der Waals surface area contributed by atoms with Crippen molar-refractivity contribution in [2.75, 3.05) is 6.61 Å². The standard InChI is InChI=1S/C30H45NO12/c1-12(2)20(31-14(4)32)22(36)26(38)43-16-10-30(40)25(42-15(5)33)23-28(8,17(34)9-18-29(23,39)11-41-18)24(37)21(35)19(13(16)3)27(30,6)7/h12,16-18,20-23,25,34-36,39-40H,9-11H2,1-8H3,(H,31,32)/t16?,17-,18+,20-,21+,22+,23-,25-,28+,29-,30+/m0/s1. The summed E-state index contributed by atoms with van der Waals surface area (Å²) in [4.78, 5) is 51.8. The van der Waals surface area contributed by atoms with Gasteiger partial charge in [-0.05, 0) is 30.9 Å². The van der Waals surface area contributed by atoms with E-state index in [0.29, 0.717) is 0 Å². The van der Waals surface area contributed by atoms with Gasteiger partial charge in [0.1, 0.15) is 29.5 Å². The Labute approximate surface area is 250 Å². The molecule has 1 saturated heterocycles. The number of rotatable bonds is 6. The number of ether oxygens (including phenoxy) is 3. The van der Waals surface area contributed by atoms with E-state index in [0.717, 1.165) is 6.92 Å². The maximum absolute atomic E-state index is 14.3. The van der Waals surface area contributed by atoms with E-state index in [1.165, 1.54) is 20.8 Å². The van der Waals surface area contributed by atoms with Gasteiger partial charge in [0.15, 0.2) is 11.9 Å². The van der Waals surface area contributed by atoms with Crippen molar-refractivity contribution < 1.29 is 58.9 Å². The third-order valence-corrected chi connectivity index (χ3v) is 10.6. The van der Waals surface area contributed by atoms with Crippen molar-refractivity contribution in [2.45, 2.75) is 122 Å². The first kappa shape index (κ1) is 33.5. The molecule has 6 N–H and O–H groups in total. The van der Waals surface area contributed by atoms with E-state index in [2.05, 4.69) is 5.32 Å². The molecule has 2 bridgehead atoms. The molecule has 13 nitrogen and oxygen atoms in total. The van der Waals surface area contributed by atoms with Crippen LogP contribution in [0.2, 0.25) is 0 Å². The molecule has 4 rings (SSSR count). The molecule has 3 fully saturated rings. The molecule has 1 aliphatic heterocycles. The number of hydrogen-bond donors (Lipinski definition) is 6. The van der Waals surface area contributed by atoms with Crippen molar-refractivity contribution in [2.24, 2.45) is 22.7 Å². The molecule has 0 aromatic carbocycles. The number of nitrogens with one attached hydrogen (secondary N) is 1. The van der Waals surface area contributed by atoms with E-state index in [1.54, 1.807) is 27.7 Å². The second-order valence-corrected chi connectivity index (χ2v) is 13.8. The number of amides is 1. The Morgan fingerprint density at radius 1 is 1.07 bits per heavy atom. The quantitative estimate of drug-likeness (QED) is 0.163. The van der Waals surface area contributed by atoms with E-state index in [9.17, 15) is 44.7 Å². The largest absolute Gasteiger partial charge is 0.459 e. The Balaban J connectivity index is 1.89. The predicted molar refractivity (Wildman–Crippen MR) is 148 cm³/mol. The van der Waals surface area contributed by atoms with Crippen molar-refractivity contribution in [3.05, 3.63) is 11.1 Å². The molecule has 13 heteroatoms. The second kappa shape index (κ2) is 10.9. The van der Waals surface area contributed by atoms with E-state index >= 15 is 0 Å². The average Bonchev–Trinajstić information content (AvgIpc) is 2.89. The Bertz CT molecular complexity index is 1230. The Hall–Kier alpha value is -2.42. The lowest BCUT2D eigenvalue weighted by Crippen LogP contribution is -2.81. The first-order valence-corrected chi connectivity index (χ1v) is 14.7. The van der Waals surface area contributed by atoms with Crippen LogP contribution < -0.4 is 5.32 Å². The van der Waals surface area contributed by atoms with Crippen molar-refractivity contribution in [3.63, 3.8) is 0 Å². The molecule has 1 amide bonds. The van der Waals surface area contributed by atoms with Crippen LogP contribution in [0.1, 0.15) is 68.2 Å². The van der Waals surface area contributed by atoms with Crippen LogP contribution in [0.3, 0.4) is 0 Å². The molecule has 1 unspecified atom stereocenters. The van der Waals surface area contributed by atoms with Crippen LogP contribution in [0, 0.1) is 22.7 Å². The highest BCUT2D eigenvalue weighted by Gasteiger charge is 2.76. The summed E-state index contributed by atoms with van der Waals surface area (Å²) in [6.45, 7) is 11.5. The summed E-state index contributed by atoms with van der Waals surface area (Å²) < 4.78 is 17.0. The highest BCUT2D eigenvalue weighted by atomic mass is 16.6. The monoisotopic (exact) mass is 611 g/mol. The number of esters is 2. The highest BCUT2D eigenvalue weighted by molar-refractivity contribution is 5.93. The van der Waals surface area contributed by atoms with E-state index in [1.807, 2.05) is 0 Å². The van der Waals surface area contributed by atoms with Crippen LogP contribution in [-0.4, -0.2) is 110 Å². The molecule has 3 aliphatic carbocycles. The van der Waals surface area contributed by atoms with Crippen molar-refractivity contribution >= 4 is 23.6 Å². The van der Waals surface area contributed by atoms with Crippen LogP contribution in [0.25, 0.3) is 0 Å². The third-order valence-electron chi connectivity index (χ3n) is 10.6. The second-order valence-electron chi connectivity index (χ2n) is 13.8. The lowest BCUT2D eigenvalue weighted by Gasteiger charge is -2.66. The average molecular weight is 612 g/mol. The molecule has 11 atom stereocenters. The van der Waals surface area contributed by atoms with Gasteiger partial charge in [-0.25, -0.2) is 4.79 Å². The summed E-state index contributed by atoms with van der Waals surface area (Å²) in [6, 6.07) is -0.998. The molecule has 1 heterocycles. The van der Waals surface area contributed by atoms with Crippen molar-refractivity contribution in [1.29, 1.82) is 0 Å². The minimum absolute atomic E-state index is 0.00353. The lowest BCUT2D eigenvalue weighted by molar-refractivity contribution is -0.345. The molecule has 242 valence electrons. The Morgan fingerprint density at radius 2 is 1.67 bits per heavy atom. The molecule has 4 aliphatic rings. The summed E-state index contributed by atoms with van der Waals surface area (Å²) >= 11 is 0. The number of fused-ring (bicyclic) bond motifs is 5. The summed E-state index contributed by atoms with van der Waals surface area (Å²) in [5.41, 5.74) is -7.14. The maximum Gasteiger partial charge on any atom is 0.337 e. The van der Waals surface area contributed by atoms with Crippen molar-refractivity contribution in [1.82, 2.24) is 5.32 Å². The van der Waals surface area contributed by atoms with E-state index in [4.69, 9.17) is 14.2 Å². The van der Waals surface area contributed by atoms with Gasteiger partial charge in [-0.3, -0.25) is 14.4 Å². The summed E-state index contributed by atoms with van der Waals surface area (Å²) in [5, 5.41) is 61.0. The Kier molecular flexibility index (Phi) is 8.47. The zero-order valence-electron chi connectivity index (χ0n) is 25.9. The molecule has 0 spiro atoms. The summed E-state index contributed by atoms with van der Waals surface area (Å²) in [7, 11) is 0. The SMILES string of the molecule is CC(=O)N[C@@H](C(C)C)[C@@H](O)C(=O)OC1C[C@@]2(O)[C@@H](OC(C)=O)[C@@H]3[C@]4(O)CO[C@@H]4C[C@H](O)[C@@]3(C)C(=O)[C@H](O)C(=C1C)C2(C)C. The van der Waals surface area contributed by atoms with Crippen LogP contribution in [0.5, 0.6) is 0 Å². The number of hydrogen-bond acceptors (Lipinski definition) is 12. The fourth-order valence-corrected chi connectivity index (χ4v) is 8.00. The lowest BCUT2D eigenvalue weighted by atomic mass is 9.45.